The first kappa shape index (κ1) is 9.74. The second-order valence-electron chi connectivity index (χ2n) is 3.96. The second-order valence-corrected chi connectivity index (χ2v) is 3.96. The van der Waals surface area contributed by atoms with Crippen LogP contribution in [0.4, 0.5) is 0 Å². The molecule has 0 aromatic carbocycles. The minimum absolute atomic E-state index is 0.652. The molecule has 0 nitrogen and oxygen atoms in total. The maximum absolute atomic E-state index is 3.00. The molecule has 0 bridgehead atoms. The lowest BCUT2D eigenvalue weighted by Crippen LogP contribution is -2.40. The van der Waals surface area contributed by atoms with Crippen LogP contribution in [0.2, 0.25) is 0 Å². The molecule has 1 aliphatic rings. The van der Waals surface area contributed by atoms with Crippen molar-refractivity contribution < 1.29 is 0 Å². The van der Waals surface area contributed by atoms with E-state index in [2.05, 4.69) is 40.9 Å². The van der Waals surface area contributed by atoms with Crippen LogP contribution in [0.25, 0.3) is 0 Å². The molecule has 0 spiro atoms. The van der Waals surface area contributed by atoms with Gasteiger partial charge in [0.1, 0.15) is 0 Å². The molecule has 1 aliphatic carbocycles. The van der Waals surface area contributed by atoms with Gasteiger partial charge in [0.15, 0.2) is 0 Å². The van der Waals surface area contributed by atoms with Crippen LogP contribution in [0, 0.1) is 17.3 Å². The smallest absolute Gasteiger partial charge is 0.0323 e. The summed E-state index contributed by atoms with van der Waals surface area (Å²) in [7, 11) is 0. The summed E-state index contributed by atoms with van der Waals surface area (Å²) in [6, 6.07) is 0. The molecule has 0 heterocycles. The van der Waals surface area contributed by atoms with Gasteiger partial charge in [-0.2, -0.15) is 0 Å². The van der Waals surface area contributed by atoms with Crippen LogP contribution in [-0.4, -0.2) is 0 Å². The van der Waals surface area contributed by atoms with E-state index in [4.69, 9.17) is 0 Å². The van der Waals surface area contributed by atoms with E-state index in [1.54, 1.807) is 0 Å². The van der Waals surface area contributed by atoms with Gasteiger partial charge in [-0.25, -0.2) is 0 Å². The van der Waals surface area contributed by atoms with Gasteiger partial charge >= 0.3 is 0 Å². The molecule has 0 heteroatoms. The van der Waals surface area contributed by atoms with Gasteiger partial charge in [0, 0.05) is 0 Å². The predicted octanol–water partition coefficient (Wildman–Crippen LogP) is 3.49. The third kappa shape index (κ3) is 1.62. The lowest BCUT2D eigenvalue weighted by Gasteiger charge is -2.48. The van der Waals surface area contributed by atoms with E-state index in [1.807, 2.05) is 0 Å². The Labute approximate surface area is 65.3 Å². The standard InChI is InChI=1S/C8H16.C2H4/c1-6-5-8(3,4)7(6)2;1-2/h6-7H,5H2,1-4H3;1-2H2. The lowest BCUT2D eigenvalue weighted by atomic mass is 9.57. The third-order valence-corrected chi connectivity index (χ3v) is 2.93. The van der Waals surface area contributed by atoms with Crippen molar-refractivity contribution in [2.45, 2.75) is 34.1 Å². The molecule has 0 aliphatic heterocycles. The summed E-state index contributed by atoms with van der Waals surface area (Å²) in [5.41, 5.74) is 0.652. The van der Waals surface area contributed by atoms with Gasteiger partial charge in [-0.05, 0) is 23.7 Å². The van der Waals surface area contributed by atoms with Gasteiger partial charge in [0.2, 0.25) is 0 Å². The van der Waals surface area contributed by atoms with Gasteiger partial charge in [-0.3, -0.25) is 0 Å². The molecule has 0 aromatic rings. The first-order valence-electron chi connectivity index (χ1n) is 4.04. The van der Waals surface area contributed by atoms with Crippen molar-refractivity contribution in [2.24, 2.45) is 17.3 Å². The quantitative estimate of drug-likeness (QED) is 0.452. The average Bonchev–Trinajstić information content (AvgIpc) is 1.91. The van der Waals surface area contributed by atoms with Crippen LogP contribution in [0.1, 0.15) is 34.1 Å². The molecule has 1 rings (SSSR count). The molecule has 10 heavy (non-hydrogen) atoms. The van der Waals surface area contributed by atoms with Crippen LogP contribution in [0.3, 0.4) is 0 Å². The van der Waals surface area contributed by atoms with Crippen LogP contribution in [-0.2, 0) is 0 Å². The molecule has 0 N–H and O–H groups in total. The van der Waals surface area contributed by atoms with Crippen molar-refractivity contribution in [3.63, 3.8) is 0 Å². The zero-order valence-electron chi connectivity index (χ0n) is 7.78. The van der Waals surface area contributed by atoms with E-state index < -0.39 is 0 Å². The summed E-state index contributed by atoms with van der Waals surface area (Å²) >= 11 is 0. The van der Waals surface area contributed by atoms with Crippen molar-refractivity contribution >= 4 is 0 Å². The summed E-state index contributed by atoms with van der Waals surface area (Å²) in [5, 5.41) is 0. The minimum Gasteiger partial charge on any atom is -0.106 e. The molecule has 0 aromatic heterocycles. The maximum Gasteiger partial charge on any atom is -0.0323 e. The number of hydrogen-bond acceptors (Lipinski definition) is 0. The number of rotatable bonds is 0. The molecule has 2 unspecified atom stereocenters. The summed E-state index contributed by atoms with van der Waals surface area (Å²) in [6.07, 6.45) is 1.42. The Morgan fingerprint density at radius 2 is 1.60 bits per heavy atom. The Hall–Kier alpha value is -0.260. The highest BCUT2D eigenvalue weighted by Gasteiger charge is 2.40. The van der Waals surface area contributed by atoms with Crippen molar-refractivity contribution in [3.05, 3.63) is 13.2 Å². The van der Waals surface area contributed by atoms with Crippen LogP contribution in [0.5, 0.6) is 0 Å². The molecule has 0 saturated heterocycles. The summed E-state index contributed by atoms with van der Waals surface area (Å²) < 4.78 is 0. The fraction of sp³-hybridized carbons (Fsp3) is 0.800. The Kier molecular flexibility index (Phi) is 3.14. The van der Waals surface area contributed by atoms with Crippen molar-refractivity contribution in [3.8, 4) is 0 Å². The monoisotopic (exact) mass is 140 g/mol. The van der Waals surface area contributed by atoms with Crippen LogP contribution in [0.15, 0.2) is 13.2 Å². The Morgan fingerprint density at radius 1 is 1.20 bits per heavy atom. The first-order valence-corrected chi connectivity index (χ1v) is 4.04. The summed E-state index contributed by atoms with van der Waals surface area (Å²) in [4.78, 5) is 0. The summed E-state index contributed by atoms with van der Waals surface area (Å²) in [6.45, 7) is 15.4. The zero-order valence-corrected chi connectivity index (χ0v) is 7.78. The molecule has 2 atom stereocenters. The molecular weight excluding hydrogens is 120 g/mol. The Bertz CT molecular complexity index is 103. The minimum atomic E-state index is 0.652. The van der Waals surface area contributed by atoms with E-state index in [0.717, 1.165) is 11.8 Å². The highest BCUT2D eigenvalue weighted by Crippen LogP contribution is 2.49. The topological polar surface area (TPSA) is 0 Å². The fourth-order valence-electron chi connectivity index (χ4n) is 1.80. The van der Waals surface area contributed by atoms with Crippen LogP contribution < -0.4 is 0 Å². The second kappa shape index (κ2) is 3.23. The Balaban J connectivity index is 0.000000371. The molecule has 1 saturated carbocycles. The van der Waals surface area contributed by atoms with E-state index in [1.165, 1.54) is 6.42 Å². The van der Waals surface area contributed by atoms with E-state index >= 15 is 0 Å². The largest absolute Gasteiger partial charge is 0.106 e. The molecule has 60 valence electrons. The molecular formula is C10H20. The first-order chi connectivity index (χ1) is 4.54. The zero-order chi connectivity index (χ0) is 8.36. The maximum atomic E-state index is 3.00. The fourth-order valence-corrected chi connectivity index (χ4v) is 1.80. The van der Waals surface area contributed by atoms with Crippen molar-refractivity contribution in [1.82, 2.24) is 0 Å². The predicted molar refractivity (Wildman–Crippen MR) is 48.0 cm³/mol. The van der Waals surface area contributed by atoms with Crippen molar-refractivity contribution in [2.75, 3.05) is 0 Å². The molecule has 0 amide bonds. The van der Waals surface area contributed by atoms with Gasteiger partial charge in [-0.1, -0.05) is 27.7 Å². The number of hydrogen-bond donors (Lipinski definition) is 0. The van der Waals surface area contributed by atoms with E-state index in [9.17, 15) is 0 Å². The average molecular weight is 140 g/mol. The van der Waals surface area contributed by atoms with Gasteiger partial charge in [0.05, 0.1) is 0 Å². The van der Waals surface area contributed by atoms with E-state index in [-0.39, 0.29) is 0 Å². The van der Waals surface area contributed by atoms with Crippen LogP contribution >= 0.6 is 0 Å². The normalized spacial score (nSPS) is 35.2. The highest BCUT2D eigenvalue weighted by atomic mass is 14.5. The third-order valence-electron chi connectivity index (χ3n) is 2.93. The van der Waals surface area contributed by atoms with Gasteiger partial charge in [-0.15, -0.1) is 13.2 Å². The van der Waals surface area contributed by atoms with E-state index in [0.29, 0.717) is 5.41 Å². The molecule has 0 radical (unpaired) electrons. The lowest BCUT2D eigenvalue weighted by molar-refractivity contribution is 0.0151. The van der Waals surface area contributed by atoms with Crippen molar-refractivity contribution in [1.29, 1.82) is 0 Å². The summed E-state index contributed by atoms with van der Waals surface area (Å²) in [5.74, 6) is 1.92. The molecule has 1 fully saturated rings. The SMILES string of the molecule is C=C.CC1CC(C)(C)C1C. The Morgan fingerprint density at radius 3 is 1.60 bits per heavy atom. The van der Waals surface area contributed by atoms with Gasteiger partial charge in [0.25, 0.3) is 0 Å². The van der Waals surface area contributed by atoms with Gasteiger partial charge < -0.3 is 0 Å². The highest BCUT2D eigenvalue weighted by molar-refractivity contribution is 4.90.